The maximum Gasteiger partial charge on any atom is 0.00955 e. The summed E-state index contributed by atoms with van der Waals surface area (Å²) >= 11 is 0. The van der Waals surface area contributed by atoms with Crippen LogP contribution in [0.2, 0.25) is 0 Å². The molecule has 0 unspecified atom stereocenters. The van der Waals surface area contributed by atoms with Crippen molar-refractivity contribution in [2.75, 3.05) is 6.54 Å². The largest absolute Gasteiger partial charge is 0.313 e. The van der Waals surface area contributed by atoms with Crippen molar-refractivity contribution in [1.29, 1.82) is 0 Å². The minimum Gasteiger partial charge on any atom is -0.313 e. The molecular formula is C10H19N. The molecule has 0 spiro atoms. The minimum atomic E-state index is 0.889. The summed E-state index contributed by atoms with van der Waals surface area (Å²) in [5, 5.41) is 3.67. The number of rotatable bonds is 1. The van der Waals surface area contributed by atoms with Gasteiger partial charge in [-0.05, 0) is 44.1 Å². The Hall–Kier alpha value is -0.0400. The smallest absolute Gasteiger partial charge is 0.00955 e. The Bertz CT molecular complexity index is 121. The molecule has 1 N–H and O–H groups in total. The molecule has 0 amide bonds. The molecule has 11 heavy (non-hydrogen) atoms. The molecule has 0 aromatic heterocycles. The Labute approximate surface area is 69.6 Å². The van der Waals surface area contributed by atoms with Crippen LogP contribution in [0.3, 0.4) is 0 Å². The topological polar surface area (TPSA) is 12.0 Å². The van der Waals surface area contributed by atoms with Crippen LogP contribution in [0.15, 0.2) is 0 Å². The van der Waals surface area contributed by atoms with Crippen LogP contribution in [0, 0.1) is 11.8 Å². The predicted octanol–water partition coefficient (Wildman–Crippen LogP) is 2.17. The van der Waals surface area contributed by atoms with Gasteiger partial charge in [-0.1, -0.05) is 13.3 Å². The molecule has 2 aliphatic rings. The molecule has 2 rings (SSSR count). The molecule has 1 heteroatoms. The van der Waals surface area contributed by atoms with Gasteiger partial charge in [0.05, 0.1) is 0 Å². The second kappa shape index (κ2) is 3.14. The number of nitrogens with one attached hydrogen (secondary N) is 1. The lowest BCUT2D eigenvalue weighted by molar-refractivity contribution is 0.181. The summed E-state index contributed by atoms with van der Waals surface area (Å²) in [5.74, 6) is 1.97. The number of hydrogen-bond donors (Lipinski definition) is 1. The predicted molar refractivity (Wildman–Crippen MR) is 47.5 cm³/mol. The van der Waals surface area contributed by atoms with E-state index in [1.807, 2.05) is 0 Å². The molecule has 1 aliphatic carbocycles. The zero-order valence-corrected chi connectivity index (χ0v) is 7.47. The van der Waals surface area contributed by atoms with Gasteiger partial charge < -0.3 is 5.32 Å². The first-order chi connectivity index (χ1) is 5.36. The Morgan fingerprint density at radius 2 is 1.91 bits per heavy atom. The normalized spacial score (nSPS) is 40.1. The van der Waals surface area contributed by atoms with Crippen molar-refractivity contribution in [1.82, 2.24) is 5.32 Å². The summed E-state index contributed by atoms with van der Waals surface area (Å²) in [5.41, 5.74) is 0. The molecular weight excluding hydrogens is 134 g/mol. The van der Waals surface area contributed by atoms with Gasteiger partial charge in [0.2, 0.25) is 0 Å². The van der Waals surface area contributed by atoms with E-state index < -0.39 is 0 Å². The standard InChI is InChI=1S/C10H19N/c1-8-5-6-10(11-7-8)9-3-2-4-9/h8-11H,2-7H2,1H3/t8-,10+/m1/s1. The quantitative estimate of drug-likeness (QED) is 0.609. The first-order valence-electron chi connectivity index (χ1n) is 5.09. The third-order valence-corrected chi connectivity index (χ3v) is 3.42. The Balaban J connectivity index is 1.77. The van der Waals surface area contributed by atoms with E-state index in [9.17, 15) is 0 Å². The summed E-state index contributed by atoms with van der Waals surface area (Å²) in [6.45, 7) is 3.62. The zero-order chi connectivity index (χ0) is 7.68. The molecule has 1 aliphatic heterocycles. The second-order valence-electron chi connectivity index (χ2n) is 4.39. The van der Waals surface area contributed by atoms with Crippen LogP contribution in [0.1, 0.15) is 39.0 Å². The molecule has 0 aromatic carbocycles. The van der Waals surface area contributed by atoms with Gasteiger partial charge in [-0.25, -0.2) is 0 Å². The molecule has 2 atom stereocenters. The van der Waals surface area contributed by atoms with Gasteiger partial charge in [0.25, 0.3) is 0 Å². The summed E-state index contributed by atoms with van der Waals surface area (Å²) in [7, 11) is 0. The average molecular weight is 153 g/mol. The van der Waals surface area contributed by atoms with Crippen LogP contribution in [0.5, 0.6) is 0 Å². The van der Waals surface area contributed by atoms with Crippen LogP contribution < -0.4 is 5.32 Å². The lowest BCUT2D eigenvalue weighted by atomic mass is 9.76. The summed E-state index contributed by atoms with van der Waals surface area (Å²) in [4.78, 5) is 0. The van der Waals surface area contributed by atoms with Gasteiger partial charge >= 0.3 is 0 Å². The zero-order valence-electron chi connectivity index (χ0n) is 7.47. The Morgan fingerprint density at radius 1 is 1.09 bits per heavy atom. The highest BCUT2D eigenvalue weighted by molar-refractivity contribution is 4.86. The van der Waals surface area contributed by atoms with Gasteiger partial charge in [0, 0.05) is 6.04 Å². The minimum absolute atomic E-state index is 0.889. The van der Waals surface area contributed by atoms with Crippen LogP contribution in [0.25, 0.3) is 0 Å². The fourth-order valence-electron chi connectivity index (χ4n) is 2.27. The van der Waals surface area contributed by atoms with Gasteiger partial charge in [-0.15, -0.1) is 0 Å². The summed E-state index contributed by atoms with van der Waals surface area (Å²) in [6, 6.07) is 0.889. The van der Waals surface area contributed by atoms with Gasteiger partial charge in [0.15, 0.2) is 0 Å². The van der Waals surface area contributed by atoms with Crippen molar-refractivity contribution in [2.24, 2.45) is 11.8 Å². The summed E-state index contributed by atoms with van der Waals surface area (Å²) < 4.78 is 0. The maximum absolute atomic E-state index is 3.67. The van der Waals surface area contributed by atoms with Crippen LogP contribution in [0.4, 0.5) is 0 Å². The van der Waals surface area contributed by atoms with Crippen LogP contribution in [-0.4, -0.2) is 12.6 Å². The number of piperidine rings is 1. The second-order valence-corrected chi connectivity index (χ2v) is 4.39. The van der Waals surface area contributed by atoms with E-state index in [4.69, 9.17) is 0 Å². The average Bonchev–Trinajstić information content (AvgIpc) is 1.90. The lowest BCUT2D eigenvalue weighted by Crippen LogP contribution is -2.44. The molecule has 1 saturated heterocycles. The Kier molecular flexibility index (Phi) is 2.17. The molecule has 0 aromatic rings. The first-order valence-corrected chi connectivity index (χ1v) is 5.09. The van der Waals surface area contributed by atoms with E-state index in [0.717, 1.165) is 17.9 Å². The Morgan fingerprint density at radius 3 is 2.36 bits per heavy atom. The van der Waals surface area contributed by atoms with Crippen LogP contribution >= 0.6 is 0 Å². The fourth-order valence-corrected chi connectivity index (χ4v) is 2.27. The SMILES string of the molecule is C[C@@H]1CC[C@@H](C2CCC2)NC1. The van der Waals surface area contributed by atoms with E-state index in [-0.39, 0.29) is 0 Å². The van der Waals surface area contributed by atoms with E-state index in [1.54, 1.807) is 0 Å². The highest BCUT2D eigenvalue weighted by Gasteiger charge is 2.29. The van der Waals surface area contributed by atoms with Gasteiger partial charge in [-0.2, -0.15) is 0 Å². The van der Waals surface area contributed by atoms with Crippen molar-refractivity contribution in [3.63, 3.8) is 0 Å². The molecule has 0 bridgehead atoms. The molecule has 1 heterocycles. The molecule has 1 nitrogen and oxygen atoms in total. The third kappa shape index (κ3) is 1.58. The maximum atomic E-state index is 3.67. The van der Waals surface area contributed by atoms with E-state index >= 15 is 0 Å². The molecule has 1 saturated carbocycles. The van der Waals surface area contributed by atoms with E-state index in [1.165, 1.54) is 38.6 Å². The lowest BCUT2D eigenvalue weighted by Gasteiger charge is -2.38. The monoisotopic (exact) mass is 153 g/mol. The van der Waals surface area contributed by atoms with Crippen molar-refractivity contribution in [3.05, 3.63) is 0 Å². The highest BCUT2D eigenvalue weighted by Crippen LogP contribution is 2.33. The molecule has 0 radical (unpaired) electrons. The van der Waals surface area contributed by atoms with E-state index in [0.29, 0.717) is 0 Å². The molecule has 64 valence electrons. The van der Waals surface area contributed by atoms with Crippen molar-refractivity contribution in [3.8, 4) is 0 Å². The van der Waals surface area contributed by atoms with Crippen molar-refractivity contribution in [2.45, 2.75) is 45.1 Å². The van der Waals surface area contributed by atoms with Gasteiger partial charge in [-0.3, -0.25) is 0 Å². The highest BCUT2D eigenvalue weighted by atomic mass is 14.9. The first kappa shape index (κ1) is 7.60. The van der Waals surface area contributed by atoms with Gasteiger partial charge in [0.1, 0.15) is 0 Å². The molecule has 2 fully saturated rings. The van der Waals surface area contributed by atoms with E-state index in [2.05, 4.69) is 12.2 Å². The summed E-state index contributed by atoms with van der Waals surface area (Å²) in [6.07, 6.45) is 7.36. The van der Waals surface area contributed by atoms with Crippen LogP contribution in [-0.2, 0) is 0 Å². The fraction of sp³-hybridized carbons (Fsp3) is 1.00. The van der Waals surface area contributed by atoms with Crippen molar-refractivity contribution >= 4 is 0 Å². The van der Waals surface area contributed by atoms with Crippen molar-refractivity contribution < 1.29 is 0 Å². The third-order valence-electron chi connectivity index (χ3n) is 3.42. The number of hydrogen-bond acceptors (Lipinski definition) is 1.